The summed E-state index contributed by atoms with van der Waals surface area (Å²) in [6, 6.07) is 0. The molecule has 0 aliphatic carbocycles. The Kier molecular flexibility index (Phi) is 3.07. The first-order valence-corrected chi connectivity index (χ1v) is 4.53. The van der Waals surface area contributed by atoms with Crippen LogP contribution >= 0.6 is 22.6 Å². The second-order valence-corrected chi connectivity index (χ2v) is 3.02. The lowest BCUT2D eigenvalue weighted by atomic mass is 10.4. The summed E-state index contributed by atoms with van der Waals surface area (Å²) < 4.78 is 10.2. The number of carbonyl (C=O) groups is 1. The van der Waals surface area contributed by atoms with Gasteiger partial charge < -0.3 is 9.15 Å². The molecule has 0 aliphatic heterocycles. The molecule has 0 atom stereocenters. The van der Waals surface area contributed by atoms with Gasteiger partial charge in [0.05, 0.1) is 12.3 Å². The third-order valence-electron chi connectivity index (χ3n) is 1.23. The zero-order chi connectivity index (χ0) is 9.14. The zero-order valence-electron chi connectivity index (χ0n) is 6.76. The van der Waals surface area contributed by atoms with Crippen molar-refractivity contribution in [1.82, 2.24) is 4.98 Å². The van der Waals surface area contributed by atoms with Gasteiger partial charge in [-0.15, -0.1) is 0 Å². The van der Waals surface area contributed by atoms with E-state index in [1.54, 1.807) is 13.8 Å². The van der Waals surface area contributed by atoms with E-state index in [0.29, 0.717) is 16.2 Å². The molecule has 0 aliphatic rings. The molecule has 0 aromatic carbocycles. The maximum absolute atomic E-state index is 11.1. The molecule has 1 aromatic rings. The number of halogens is 1. The first-order chi connectivity index (χ1) is 5.65. The van der Waals surface area contributed by atoms with Gasteiger partial charge >= 0.3 is 5.97 Å². The van der Waals surface area contributed by atoms with Crippen LogP contribution in [0.4, 0.5) is 0 Å². The number of nitrogens with zero attached hydrogens (tertiary/aromatic N) is 1. The molecule has 0 bridgehead atoms. The lowest BCUT2D eigenvalue weighted by Gasteiger charge is -1.96. The fraction of sp³-hybridized carbons (Fsp3) is 0.429. The van der Waals surface area contributed by atoms with Crippen molar-refractivity contribution in [1.29, 1.82) is 0 Å². The van der Waals surface area contributed by atoms with E-state index in [9.17, 15) is 4.79 Å². The highest BCUT2D eigenvalue weighted by molar-refractivity contribution is 14.1. The Hall–Kier alpha value is -0.590. The predicted molar refractivity (Wildman–Crippen MR) is 49.9 cm³/mol. The first kappa shape index (κ1) is 9.50. The third-order valence-corrected chi connectivity index (χ3v) is 1.69. The Morgan fingerprint density at radius 3 is 2.83 bits per heavy atom. The Morgan fingerprint density at radius 1 is 1.75 bits per heavy atom. The number of oxazole rings is 1. The van der Waals surface area contributed by atoms with Gasteiger partial charge in [0.1, 0.15) is 0 Å². The molecule has 66 valence electrons. The summed E-state index contributed by atoms with van der Waals surface area (Å²) in [5.74, 6) is -0.258. The van der Waals surface area contributed by atoms with Crippen LogP contribution in [0, 0.1) is 10.8 Å². The molecule has 0 saturated carbocycles. The summed E-state index contributed by atoms with van der Waals surface area (Å²) >= 11 is 1.90. The van der Waals surface area contributed by atoms with Crippen LogP contribution in [0.1, 0.15) is 23.2 Å². The van der Waals surface area contributed by atoms with Gasteiger partial charge in [0.25, 0.3) is 3.90 Å². The van der Waals surface area contributed by atoms with Gasteiger partial charge in [0.2, 0.25) is 5.76 Å². The maximum atomic E-state index is 11.1. The second-order valence-electron chi connectivity index (χ2n) is 2.10. The van der Waals surface area contributed by atoms with Crippen LogP contribution in [-0.4, -0.2) is 17.6 Å². The van der Waals surface area contributed by atoms with Gasteiger partial charge in [-0.1, -0.05) is 0 Å². The lowest BCUT2D eigenvalue weighted by Crippen LogP contribution is -2.04. The highest BCUT2D eigenvalue weighted by Crippen LogP contribution is 2.12. The van der Waals surface area contributed by atoms with E-state index in [4.69, 9.17) is 9.15 Å². The van der Waals surface area contributed by atoms with Gasteiger partial charge in [0.15, 0.2) is 0 Å². The summed E-state index contributed by atoms with van der Waals surface area (Å²) in [5, 5.41) is 0. The van der Waals surface area contributed by atoms with Crippen LogP contribution in [0.25, 0.3) is 0 Å². The number of carbonyl (C=O) groups excluding carboxylic acids is 1. The minimum absolute atomic E-state index is 0.196. The van der Waals surface area contributed by atoms with Crippen LogP contribution in [0.3, 0.4) is 0 Å². The highest BCUT2D eigenvalue weighted by atomic mass is 127. The Bertz CT molecular complexity index is 295. The van der Waals surface area contributed by atoms with Crippen molar-refractivity contribution in [2.75, 3.05) is 6.61 Å². The smallest absolute Gasteiger partial charge is 0.376 e. The number of hydrogen-bond donors (Lipinski definition) is 0. The molecule has 12 heavy (non-hydrogen) atoms. The number of aryl methyl sites for hydroxylation is 1. The molecule has 0 spiro atoms. The molecule has 0 saturated heterocycles. The van der Waals surface area contributed by atoms with Crippen molar-refractivity contribution in [3.05, 3.63) is 15.4 Å². The molecular weight excluding hydrogens is 273 g/mol. The summed E-state index contributed by atoms with van der Waals surface area (Å²) in [5.41, 5.74) is 0.567. The molecule has 1 rings (SSSR count). The molecule has 0 unspecified atom stereocenters. The van der Waals surface area contributed by atoms with Gasteiger partial charge in [-0.05, 0) is 13.8 Å². The SMILES string of the molecule is CCOC(=O)c1oc(I)nc1C. The van der Waals surface area contributed by atoms with Crippen LogP contribution in [0.15, 0.2) is 4.42 Å². The van der Waals surface area contributed by atoms with Crippen molar-refractivity contribution in [2.45, 2.75) is 13.8 Å². The lowest BCUT2D eigenvalue weighted by molar-refractivity contribution is 0.0487. The molecule has 1 aromatic heterocycles. The standard InChI is InChI=1S/C7H8INO3/c1-3-11-6(10)5-4(2)9-7(8)12-5/h3H2,1-2H3. The molecule has 0 N–H and O–H groups in total. The first-order valence-electron chi connectivity index (χ1n) is 3.45. The van der Waals surface area contributed by atoms with E-state index in [1.165, 1.54) is 0 Å². The van der Waals surface area contributed by atoms with E-state index >= 15 is 0 Å². The predicted octanol–water partition coefficient (Wildman–Crippen LogP) is 1.76. The average Bonchev–Trinajstić information content (AvgIpc) is 2.30. The van der Waals surface area contributed by atoms with Gasteiger partial charge in [-0.25, -0.2) is 9.78 Å². The number of hydrogen-bond acceptors (Lipinski definition) is 4. The van der Waals surface area contributed by atoms with Gasteiger partial charge in [-0.2, -0.15) is 0 Å². The van der Waals surface area contributed by atoms with Crippen molar-refractivity contribution in [3.8, 4) is 0 Å². The third kappa shape index (κ3) is 1.96. The van der Waals surface area contributed by atoms with Crippen LogP contribution in [0.5, 0.6) is 0 Å². The van der Waals surface area contributed by atoms with E-state index in [-0.39, 0.29) is 5.76 Å². The van der Waals surface area contributed by atoms with Crippen molar-refractivity contribution in [2.24, 2.45) is 0 Å². The van der Waals surface area contributed by atoms with E-state index < -0.39 is 5.97 Å². The van der Waals surface area contributed by atoms with Gasteiger partial charge in [-0.3, -0.25) is 0 Å². The summed E-state index contributed by atoms with van der Waals surface area (Å²) in [6.07, 6.45) is 0. The van der Waals surface area contributed by atoms with Gasteiger partial charge in [0, 0.05) is 22.6 Å². The Balaban J connectivity index is 2.87. The van der Waals surface area contributed by atoms with Crippen molar-refractivity contribution < 1.29 is 13.9 Å². The van der Waals surface area contributed by atoms with Crippen molar-refractivity contribution in [3.63, 3.8) is 0 Å². The number of aromatic nitrogens is 1. The van der Waals surface area contributed by atoms with Crippen LogP contribution in [0.2, 0.25) is 0 Å². The van der Waals surface area contributed by atoms with Crippen LogP contribution in [-0.2, 0) is 4.74 Å². The molecule has 0 amide bonds. The molecular formula is C7H8INO3. The Labute approximate surface area is 83.4 Å². The van der Waals surface area contributed by atoms with E-state index in [0.717, 1.165) is 0 Å². The number of esters is 1. The summed E-state index contributed by atoms with van der Waals surface area (Å²) in [6.45, 7) is 3.79. The van der Waals surface area contributed by atoms with Crippen molar-refractivity contribution >= 4 is 28.6 Å². The minimum atomic E-state index is -0.453. The normalized spacial score (nSPS) is 9.92. The Morgan fingerprint density at radius 2 is 2.42 bits per heavy atom. The summed E-state index contributed by atoms with van der Waals surface area (Å²) in [4.78, 5) is 15.1. The topological polar surface area (TPSA) is 52.3 Å². The fourth-order valence-corrected chi connectivity index (χ4v) is 1.33. The van der Waals surface area contributed by atoms with E-state index in [2.05, 4.69) is 4.98 Å². The second kappa shape index (κ2) is 3.88. The van der Waals surface area contributed by atoms with E-state index in [1.807, 2.05) is 22.6 Å². The maximum Gasteiger partial charge on any atom is 0.376 e. The minimum Gasteiger partial charge on any atom is -0.460 e. The zero-order valence-corrected chi connectivity index (χ0v) is 8.91. The monoisotopic (exact) mass is 281 g/mol. The molecule has 1 heterocycles. The number of ether oxygens (including phenoxy) is 1. The highest BCUT2D eigenvalue weighted by Gasteiger charge is 2.16. The quantitative estimate of drug-likeness (QED) is 0.612. The van der Waals surface area contributed by atoms with Crippen LogP contribution < -0.4 is 0 Å². The summed E-state index contributed by atoms with van der Waals surface area (Å²) in [7, 11) is 0. The average molecular weight is 281 g/mol. The largest absolute Gasteiger partial charge is 0.460 e. The molecule has 0 fully saturated rings. The molecule has 5 heteroatoms. The fourth-order valence-electron chi connectivity index (χ4n) is 0.750. The molecule has 0 radical (unpaired) electrons. The number of rotatable bonds is 2. The molecule has 4 nitrogen and oxygen atoms in total.